The smallest absolute Gasteiger partial charge is 0.278 e. The molecule has 1 heterocycles. The second-order valence-electron chi connectivity index (χ2n) is 7.81. The van der Waals surface area contributed by atoms with Crippen LogP contribution in [0.5, 0.6) is 11.5 Å². The van der Waals surface area contributed by atoms with Crippen LogP contribution in [0.1, 0.15) is 30.5 Å². The molecule has 0 saturated carbocycles. The molecule has 0 radical (unpaired) electrons. The van der Waals surface area contributed by atoms with E-state index >= 15 is 0 Å². The van der Waals surface area contributed by atoms with Gasteiger partial charge in [-0.15, -0.1) is 0 Å². The Balaban J connectivity index is 2.15. The van der Waals surface area contributed by atoms with E-state index in [4.69, 9.17) is 9.47 Å². The first kappa shape index (κ1) is 21.4. The lowest BCUT2D eigenvalue weighted by Crippen LogP contribution is -2.35. The molecule has 6 nitrogen and oxygen atoms in total. The molecule has 0 fully saturated rings. The largest absolute Gasteiger partial charge is 0.493 e. The Labute approximate surface area is 177 Å². The fraction of sp³-hybridized carbons (Fsp3) is 0.333. The summed E-state index contributed by atoms with van der Waals surface area (Å²) < 4.78 is 10.7. The van der Waals surface area contributed by atoms with Gasteiger partial charge in [0, 0.05) is 12.2 Å². The van der Waals surface area contributed by atoms with Gasteiger partial charge in [-0.3, -0.25) is 14.5 Å². The highest BCUT2D eigenvalue weighted by Crippen LogP contribution is 2.36. The number of imide groups is 1. The molecule has 1 aliphatic rings. The Morgan fingerprint density at radius 1 is 0.967 bits per heavy atom. The first-order valence-corrected chi connectivity index (χ1v) is 9.94. The second kappa shape index (κ2) is 8.61. The molecule has 0 unspecified atom stereocenters. The van der Waals surface area contributed by atoms with Crippen LogP contribution in [0.15, 0.2) is 42.1 Å². The van der Waals surface area contributed by atoms with E-state index in [0.29, 0.717) is 29.2 Å². The van der Waals surface area contributed by atoms with Gasteiger partial charge in [-0.2, -0.15) is 0 Å². The number of rotatable bonds is 7. The number of hydrogen-bond donors (Lipinski definition) is 1. The van der Waals surface area contributed by atoms with Crippen LogP contribution < -0.4 is 14.8 Å². The number of anilines is 1. The van der Waals surface area contributed by atoms with Gasteiger partial charge in [0.15, 0.2) is 11.5 Å². The number of benzene rings is 2. The number of carbonyl (C=O) groups is 2. The molecular formula is C24H28N2O4. The quantitative estimate of drug-likeness (QED) is 0.697. The average Bonchev–Trinajstić information content (AvgIpc) is 2.94. The van der Waals surface area contributed by atoms with Gasteiger partial charge < -0.3 is 14.8 Å². The van der Waals surface area contributed by atoms with Crippen molar-refractivity contribution >= 4 is 23.1 Å². The minimum Gasteiger partial charge on any atom is -0.493 e. The van der Waals surface area contributed by atoms with E-state index in [0.717, 1.165) is 16.8 Å². The highest BCUT2D eigenvalue weighted by Gasteiger charge is 2.39. The van der Waals surface area contributed by atoms with Gasteiger partial charge in [0.1, 0.15) is 5.70 Å². The van der Waals surface area contributed by atoms with Gasteiger partial charge in [0.2, 0.25) is 0 Å². The maximum Gasteiger partial charge on any atom is 0.278 e. The van der Waals surface area contributed by atoms with E-state index in [-0.39, 0.29) is 23.4 Å². The van der Waals surface area contributed by atoms with Crippen LogP contribution >= 0.6 is 0 Å². The lowest BCUT2D eigenvalue weighted by Gasteiger charge is -2.18. The molecule has 6 heteroatoms. The van der Waals surface area contributed by atoms with Crippen molar-refractivity contribution in [2.75, 3.05) is 26.1 Å². The van der Waals surface area contributed by atoms with Crippen molar-refractivity contribution in [1.82, 2.24) is 4.90 Å². The maximum absolute atomic E-state index is 13.3. The predicted molar refractivity (Wildman–Crippen MR) is 118 cm³/mol. The number of nitrogens with zero attached hydrogens (tertiary/aromatic N) is 1. The summed E-state index contributed by atoms with van der Waals surface area (Å²) in [5, 5.41) is 3.24. The highest BCUT2D eigenvalue weighted by atomic mass is 16.5. The van der Waals surface area contributed by atoms with Crippen molar-refractivity contribution in [3.8, 4) is 11.5 Å². The molecule has 0 aromatic heterocycles. The molecule has 0 bridgehead atoms. The molecule has 158 valence electrons. The Kier molecular flexibility index (Phi) is 6.15. The molecule has 0 atom stereocenters. The zero-order chi connectivity index (χ0) is 22.0. The van der Waals surface area contributed by atoms with E-state index in [1.54, 1.807) is 25.3 Å². The van der Waals surface area contributed by atoms with Crippen molar-refractivity contribution in [3.05, 3.63) is 58.8 Å². The van der Waals surface area contributed by atoms with Gasteiger partial charge in [-0.05, 0) is 54.7 Å². The number of nitrogens with one attached hydrogen (secondary N) is 1. The Bertz CT molecular complexity index is 1020. The van der Waals surface area contributed by atoms with Crippen molar-refractivity contribution in [2.45, 2.75) is 27.7 Å². The SMILES string of the molecule is COc1ccc(C2=C(Nc3cccc(C)c3C)C(=O)N(CC(C)C)C2=O)cc1OC. The van der Waals surface area contributed by atoms with Gasteiger partial charge in [0.25, 0.3) is 11.8 Å². The standard InChI is InChI=1S/C24H28N2O4/c1-14(2)13-26-23(27)21(17-10-11-19(29-5)20(12-17)30-6)22(24(26)28)25-18-9-7-8-15(3)16(18)4/h7-12,14,25H,13H2,1-6H3. The molecule has 2 amide bonds. The number of methoxy groups -OCH3 is 2. The van der Waals surface area contributed by atoms with Crippen LogP contribution in [0.4, 0.5) is 5.69 Å². The van der Waals surface area contributed by atoms with Gasteiger partial charge in [-0.1, -0.05) is 32.0 Å². The first-order chi connectivity index (χ1) is 14.3. The molecule has 1 N–H and O–H groups in total. The van der Waals surface area contributed by atoms with Gasteiger partial charge in [-0.25, -0.2) is 0 Å². The number of hydrogen-bond acceptors (Lipinski definition) is 5. The molecule has 1 aliphatic heterocycles. The second-order valence-corrected chi connectivity index (χ2v) is 7.81. The summed E-state index contributed by atoms with van der Waals surface area (Å²) in [6, 6.07) is 11.1. The van der Waals surface area contributed by atoms with Crippen molar-refractivity contribution in [2.24, 2.45) is 5.92 Å². The highest BCUT2D eigenvalue weighted by molar-refractivity contribution is 6.36. The fourth-order valence-corrected chi connectivity index (χ4v) is 3.50. The summed E-state index contributed by atoms with van der Waals surface area (Å²) in [7, 11) is 3.09. The summed E-state index contributed by atoms with van der Waals surface area (Å²) in [4.78, 5) is 27.8. The Morgan fingerprint density at radius 3 is 2.30 bits per heavy atom. The summed E-state index contributed by atoms with van der Waals surface area (Å²) in [6.07, 6.45) is 0. The lowest BCUT2D eigenvalue weighted by molar-refractivity contribution is -0.137. The molecule has 2 aromatic carbocycles. The Hall–Kier alpha value is -3.28. The van der Waals surface area contributed by atoms with Crippen molar-refractivity contribution in [1.29, 1.82) is 0 Å². The summed E-state index contributed by atoms with van der Waals surface area (Å²) in [5.74, 6) is 0.579. The van der Waals surface area contributed by atoms with Crippen molar-refractivity contribution < 1.29 is 19.1 Å². The van der Waals surface area contributed by atoms with E-state index in [2.05, 4.69) is 5.32 Å². The molecule has 30 heavy (non-hydrogen) atoms. The van der Waals surface area contributed by atoms with E-state index in [1.165, 1.54) is 12.0 Å². The van der Waals surface area contributed by atoms with Crippen LogP contribution in [-0.2, 0) is 9.59 Å². The van der Waals surface area contributed by atoms with Crippen molar-refractivity contribution in [3.63, 3.8) is 0 Å². The molecular weight excluding hydrogens is 380 g/mol. The van der Waals surface area contributed by atoms with Crippen LogP contribution in [0.2, 0.25) is 0 Å². The lowest BCUT2D eigenvalue weighted by atomic mass is 10.0. The zero-order valence-corrected chi connectivity index (χ0v) is 18.3. The first-order valence-electron chi connectivity index (χ1n) is 9.94. The van der Waals surface area contributed by atoms with E-state index < -0.39 is 0 Å². The molecule has 0 spiro atoms. The summed E-state index contributed by atoms with van der Waals surface area (Å²) in [6.45, 7) is 8.31. The number of carbonyl (C=O) groups excluding carboxylic acids is 2. The molecule has 3 rings (SSSR count). The fourth-order valence-electron chi connectivity index (χ4n) is 3.50. The third-order valence-electron chi connectivity index (χ3n) is 5.25. The van der Waals surface area contributed by atoms with Crippen LogP contribution in [-0.4, -0.2) is 37.5 Å². The number of ether oxygens (including phenoxy) is 2. The van der Waals surface area contributed by atoms with Crippen LogP contribution in [0.25, 0.3) is 5.57 Å². The molecule has 0 aliphatic carbocycles. The minimum absolute atomic E-state index is 0.157. The topological polar surface area (TPSA) is 67.9 Å². The number of aryl methyl sites for hydroxylation is 1. The minimum atomic E-state index is -0.320. The molecule has 2 aromatic rings. The third-order valence-corrected chi connectivity index (χ3v) is 5.25. The average molecular weight is 408 g/mol. The van der Waals surface area contributed by atoms with E-state index in [1.807, 2.05) is 45.9 Å². The maximum atomic E-state index is 13.3. The number of amides is 2. The summed E-state index contributed by atoms with van der Waals surface area (Å²) in [5.41, 5.74) is 4.15. The van der Waals surface area contributed by atoms with Crippen LogP contribution in [0.3, 0.4) is 0 Å². The van der Waals surface area contributed by atoms with E-state index in [9.17, 15) is 9.59 Å². The Morgan fingerprint density at radius 2 is 1.67 bits per heavy atom. The zero-order valence-electron chi connectivity index (χ0n) is 18.3. The predicted octanol–water partition coefficient (Wildman–Crippen LogP) is 4.17. The van der Waals surface area contributed by atoms with Gasteiger partial charge >= 0.3 is 0 Å². The molecule has 0 saturated heterocycles. The summed E-state index contributed by atoms with van der Waals surface area (Å²) >= 11 is 0. The van der Waals surface area contributed by atoms with Gasteiger partial charge in [0.05, 0.1) is 19.8 Å². The van der Waals surface area contributed by atoms with Crippen LogP contribution in [0, 0.1) is 19.8 Å². The normalized spacial score (nSPS) is 14.0. The monoisotopic (exact) mass is 408 g/mol. The third kappa shape index (κ3) is 3.90.